The Bertz CT molecular complexity index is 576. The number of nitrogens with one attached hydrogen (secondary N) is 2. The number of hydrogen-bond acceptors (Lipinski definition) is 3. The summed E-state index contributed by atoms with van der Waals surface area (Å²) in [4.78, 5) is 19.2. The van der Waals surface area contributed by atoms with E-state index in [2.05, 4.69) is 15.5 Å². The number of H-pyrrole nitrogens is 1. The first-order chi connectivity index (χ1) is 9.15. The number of carbonyl (C=O) groups is 1. The maximum Gasteiger partial charge on any atom is 0.437 e. The number of anilines is 1. The standard InChI is InChI=1S/C13H12ClN3O2/c1-9(12-3-2-8-15-12)17-19-13(18)16-11-6-4-10(14)5-7-11/h2-8,15H,1H3,(H,16,18)/b17-9+. The molecule has 0 saturated carbocycles. The van der Waals surface area contributed by atoms with E-state index >= 15 is 0 Å². The van der Waals surface area contributed by atoms with Gasteiger partial charge in [-0.2, -0.15) is 0 Å². The van der Waals surface area contributed by atoms with Crippen molar-refractivity contribution in [1.82, 2.24) is 4.98 Å². The lowest BCUT2D eigenvalue weighted by Gasteiger charge is -2.03. The van der Waals surface area contributed by atoms with E-state index in [1.165, 1.54) is 0 Å². The van der Waals surface area contributed by atoms with E-state index in [1.54, 1.807) is 37.4 Å². The first-order valence-corrected chi connectivity index (χ1v) is 5.95. The molecule has 2 rings (SSSR count). The average Bonchev–Trinajstić information content (AvgIpc) is 2.93. The van der Waals surface area contributed by atoms with Crippen LogP contribution in [-0.4, -0.2) is 16.8 Å². The van der Waals surface area contributed by atoms with Crippen LogP contribution in [-0.2, 0) is 4.84 Å². The van der Waals surface area contributed by atoms with Gasteiger partial charge in [-0.05, 0) is 43.3 Å². The van der Waals surface area contributed by atoms with Gasteiger partial charge in [-0.1, -0.05) is 16.8 Å². The highest BCUT2D eigenvalue weighted by Gasteiger charge is 2.04. The van der Waals surface area contributed by atoms with Crippen molar-refractivity contribution in [3.8, 4) is 0 Å². The Morgan fingerprint density at radius 3 is 2.68 bits per heavy atom. The van der Waals surface area contributed by atoms with E-state index in [9.17, 15) is 4.79 Å². The first kappa shape index (κ1) is 13.2. The van der Waals surface area contributed by atoms with Crippen LogP contribution in [0.4, 0.5) is 10.5 Å². The number of oxime groups is 1. The molecule has 1 heterocycles. The second-order valence-corrected chi connectivity index (χ2v) is 4.21. The van der Waals surface area contributed by atoms with Gasteiger partial charge in [-0.15, -0.1) is 0 Å². The van der Waals surface area contributed by atoms with E-state index in [-0.39, 0.29) is 0 Å². The molecular formula is C13H12ClN3O2. The zero-order valence-electron chi connectivity index (χ0n) is 10.2. The number of halogens is 1. The molecule has 1 aromatic heterocycles. The van der Waals surface area contributed by atoms with Crippen LogP contribution in [0.3, 0.4) is 0 Å². The fourth-order valence-corrected chi connectivity index (χ4v) is 1.51. The summed E-state index contributed by atoms with van der Waals surface area (Å²) in [6.45, 7) is 1.74. The van der Waals surface area contributed by atoms with Gasteiger partial charge in [0, 0.05) is 16.9 Å². The Morgan fingerprint density at radius 1 is 1.32 bits per heavy atom. The van der Waals surface area contributed by atoms with Crippen LogP contribution >= 0.6 is 11.6 Å². The van der Waals surface area contributed by atoms with Gasteiger partial charge in [-0.3, -0.25) is 10.2 Å². The van der Waals surface area contributed by atoms with E-state index in [0.29, 0.717) is 16.4 Å². The predicted molar refractivity (Wildman–Crippen MR) is 74.6 cm³/mol. The van der Waals surface area contributed by atoms with Gasteiger partial charge in [0.2, 0.25) is 0 Å². The Hall–Kier alpha value is -2.27. The maximum absolute atomic E-state index is 11.5. The SMILES string of the molecule is C/C(=N\OC(=O)Nc1ccc(Cl)cc1)c1ccc[nH]1. The third kappa shape index (κ3) is 3.86. The molecule has 0 unspecified atom stereocenters. The summed E-state index contributed by atoms with van der Waals surface area (Å²) in [5.41, 5.74) is 1.96. The molecule has 0 aliphatic heterocycles. The van der Waals surface area contributed by atoms with Crippen LogP contribution < -0.4 is 5.32 Å². The van der Waals surface area contributed by atoms with Crippen LogP contribution in [0.1, 0.15) is 12.6 Å². The summed E-state index contributed by atoms with van der Waals surface area (Å²) in [6.07, 6.45) is 1.11. The Kier molecular flexibility index (Phi) is 4.20. The number of rotatable bonds is 3. The number of aromatic nitrogens is 1. The fourth-order valence-electron chi connectivity index (χ4n) is 1.39. The van der Waals surface area contributed by atoms with Crippen LogP contribution in [0, 0.1) is 0 Å². The van der Waals surface area contributed by atoms with Crippen LogP contribution in [0.25, 0.3) is 0 Å². The number of carbonyl (C=O) groups excluding carboxylic acids is 1. The van der Waals surface area contributed by atoms with Gasteiger partial charge in [0.15, 0.2) is 0 Å². The van der Waals surface area contributed by atoms with Crippen molar-refractivity contribution >= 4 is 29.1 Å². The molecular weight excluding hydrogens is 266 g/mol. The van der Waals surface area contributed by atoms with Crippen molar-refractivity contribution in [3.05, 3.63) is 53.3 Å². The molecule has 6 heteroatoms. The molecule has 5 nitrogen and oxygen atoms in total. The Morgan fingerprint density at radius 2 is 2.05 bits per heavy atom. The van der Waals surface area contributed by atoms with Crippen molar-refractivity contribution in [1.29, 1.82) is 0 Å². The second-order valence-electron chi connectivity index (χ2n) is 3.77. The molecule has 0 spiro atoms. The van der Waals surface area contributed by atoms with E-state index in [4.69, 9.17) is 16.4 Å². The van der Waals surface area contributed by atoms with Crippen molar-refractivity contribution < 1.29 is 9.63 Å². The van der Waals surface area contributed by atoms with Gasteiger partial charge < -0.3 is 4.98 Å². The summed E-state index contributed by atoms with van der Waals surface area (Å²) in [5.74, 6) is 0. The van der Waals surface area contributed by atoms with Gasteiger partial charge in [-0.25, -0.2) is 4.79 Å². The second kappa shape index (κ2) is 6.06. The zero-order valence-corrected chi connectivity index (χ0v) is 10.9. The average molecular weight is 278 g/mol. The molecule has 2 N–H and O–H groups in total. The molecule has 0 fully saturated rings. The molecule has 1 amide bonds. The Balaban J connectivity index is 1.91. The summed E-state index contributed by atoms with van der Waals surface area (Å²) < 4.78 is 0. The number of aromatic amines is 1. The number of nitrogens with zero attached hydrogens (tertiary/aromatic N) is 1. The topological polar surface area (TPSA) is 66.5 Å². The molecule has 0 radical (unpaired) electrons. The fraction of sp³-hybridized carbons (Fsp3) is 0.0769. The van der Waals surface area contributed by atoms with Gasteiger partial charge >= 0.3 is 6.09 Å². The highest BCUT2D eigenvalue weighted by molar-refractivity contribution is 6.30. The van der Waals surface area contributed by atoms with Crippen molar-refractivity contribution in [2.75, 3.05) is 5.32 Å². The van der Waals surface area contributed by atoms with Gasteiger partial charge in [0.25, 0.3) is 0 Å². The monoisotopic (exact) mass is 277 g/mol. The quantitative estimate of drug-likeness (QED) is 0.511. The zero-order chi connectivity index (χ0) is 13.7. The van der Waals surface area contributed by atoms with Crippen molar-refractivity contribution in [2.24, 2.45) is 5.16 Å². The summed E-state index contributed by atoms with van der Waals surface area (Å²) >= 11 is 5.74. The summed E-state index contributed by atoms with van der Waals surface area (Å²) in [6, 6.07) is 10.4. The predicted octanol–water partition coefficient (Wildman–Crippen LogP) is 3.64. The highest BCUT2D eigenvalue weighted by atomic mass is 35.5. The number of amides is 1. The number of benzene rings is 1. The highest BCUT2D eigenvalue weighted by Crippen LogP contribution is 2.13. The molecule has 0 aliphatic carbocycles. The van der Waals surface area contributed by atoms with E-state index in [1.807, 2.05) is 12.1 Å². The lowest BCUT2D eigenvalue weighted by molar-refractivity contribution is 0.166. The van der Waals surface area contributed by atoms with Crippen molar-refractivity contribution in [3.63, 3.8) is 0 Å². The largest absolute Gasteiger partial charge is 0.437 e. The van der Waals surface area contributed by atoms with E-state index < -0.39 is 6.09 Å². The van der Waals surface area contributed by atoms with Crippen LogP contribution in [0.15, 0.2) is 47.8 Å². The molecule has 98 valence electrons. The van der Waals surface area contributed by atoms with Gasteiger partial charge in [0.1, 0.15) is 5.71 Å². The maximum atomic E-state index is 11.5. The number of hydrogen-bond donors (Lipinski definition) is 2. The third-order valence-electron chi connectivity index (χ3n) is 2.34. The lowest BCUT2D eigenvalue weighted by atomic mass is 10.3. The first-order valence-electron chi connectivity index (χ1n) is 5.57. The molecule has 0 atom stereocenters. The minimum Gasteiger partial charge on any atom is -0.360 e. The summed E-state index contributed by atoms with van der Waals surface area (Å²) in [7, 11) is 0. The third-order valence-corrected chi connectivity index (χ3v) is 2.60. The molecule has 2 aromatic rings. The molecule has 0 bridgehead atoms. The van der Waals surface area contributed by atoms with Crippen molar-refractivity contribution in [2.45, 2.75) is 6.92 Å². The normalized spacial score (nSPS) is 11.2. The smallest absolute Gasteiger partial charge is 0.360 e. The molecule has 19 heavy (non-hydrogen) atoms. The molecule has 0 aliphatic rings. The molecule has 1 aromatic carbocycles. The minimum atomic E-state index is -0.659. The lowest BCUT2D eigenvalue weighted by Crippen LogP contribution is -2.11. The van der Waals surface area contributed by atoms with Crippen LogP contribution in [0.5, 0.6) is 0 Å². The minimum absolute atomic E-state index is 0.580. The Labute approximate surface area is 115 Å². The van der Waals surface area contributed by atoms with E-state index in [0.717, 1.165) is 5.69 Å². The molecule has 0 saturated heterocycles. The summed E-state index contributed by atoms with van der Waals surface area (Å²) in [5, 5.41) is 6.86. The van der Waals surface area contributed by atoms with Crippen LogP contribution in [0.2, 0.25) is 5.02 Å². The van der Waals surface area contributed by atoms with Gasteiger partial charge in [0.05, 0.1) is 5.69 Å².